The molecule has 0 bridgehead atoms. The van der Waals surface area contributed by atoms with Gasteiger partial charge in [0.2, 0.25) is 0 Å². The number of allylic oxidation sites excluding steroid dienone is 3. The normalized spacial score (nSPS) is 27.4. The van der Waals surface area contributed by atoms with Gasteiger partial charge in [-0.25, -0.2) is 9.36 Å². The third kappa shape index (κ3) is 39.2. The van der Waals surface area contributed by atoms with Crippen molar-refractivity contribution in [1.29, 1.82) is 0 Å². The lowest BCUT2D eigenvalue weighted by Gasteiger charge is -2.49. The summed E-state index contributed by atoms with van der Waals surface area (Å²) in [5, 5.41) is 110. The number of phosphoric ester groups is 1. The number of hydrogen-bond acceptors (Lipinski definition) is 23. The van der Waals surface area contributed by atoms with Gasteiger partial charge in [0, 0.05) is 18.9 Å². The van der Waals surface area contributed by atoms with E-state index in [4.69, 9.17) is 42.2 Å². The molecule has 586 valence electrons. The molecule has 0 spiro atoms. The number of unbranched alkanes of at least 4 members (excludes halogenated alkanes) is 39. The lowest BCUT2D eigenvalue weighted by atomic mass is 9.84. The van der Waals surface area contributed by atoms with Crippen LogP contribution >= 0.6 is 7.82 Å². The van der Waals surface area contributed by atoms with E-state index in [1.165, 1.54) is 173 Å². The first-order valence-corrected chi connectivity index (χ1v) is 40.7. The van der Waals surface area contributed by atoms with Gasteiger partial charge in [-0.05, 0) is 25.7 Å². The Balaban J connectivity index is 1.73. The Kier molecular flexibility index (Phi) is 52.0. The molecule has 0 aromatic heterocycles. The molecule has 100 heavy (non-hydrogen) atoms. The number of aliphatic hydroxyl groups excluding tert-OH is 10. The SMILES string of the molecule is CCCCCCCCCCCCC/C=C/C=C/C(=O)OCC(COP(=O)(O)OC1C(OC2OC(CO)C(O)C(O)C2O)C(O)C(O)C(O)C1OC1OC(COC(=O)CCCCCCCCCCCCCCCCC)C(O)C(O)C1O)OC(=O)CCCCCCCCCCCCCCCCC. The van der Waals surface area contributed by atoms with Gasteiger partial charge in [-0.15, -0.1) is 0 Å². The van der Waals surface area contributed by atoms with Crippen LogP contribution in [0.5, 0.6) is 0 Å². The predicted molar refractivity (Wildman–Crippen MR) is 379 cm³/mol. The molecule has 3 rings (SSSR count). The van der Waals surface area contributed by atoms with Crippen molar-refractivity contribution >= 4 is 25.7 Å². The number of aliphatic hydroxyl groups is 10. The molecule has 0 aromatic rings. The first kappa shape index (κ1) is 91.6. The van der Waals surface area contributed by atoms with Crippen LogP contribution in [0.2, 0.25) is 0 Å². The summed E-state index contributed by atoms with van der Waals surface area (Å²) >= 11 is 0. The molecule has 2 heterocycles. The first-order valence-electron chi connectivity index (χ1n) is 39.2. The molecule has 11 N–H and O–H groups in total. The third-order valence-electron chi connectivity index (χ3n) is 19.3. The second-order valence-corrected chi connectivity index (χ2v) is 29.6. The van der Waals surface area contributed by atoms with Crippen molar-refractivity contribution in [2.24, 2.45) is 0 Å². The van der Waals surface area contributed by atoms with E-state index in [1.54, 1.807) is 6.08 Å². The molecular formula is C75H137O24P. The number of rotatable bonds is 61. The number of esters is 3. The van der Waals surface area contributed by atoms with Crippen LogP contribution in [0.15, 0.2) is 24.3 Å². The molecule has 0 aromatic carbocycles. The Morgan fingerprint density at radius 3 is 1.18 bits per heavy atom. The van der Waals surface area contributed by atoms with Crippen molar-refractivity contribution in [3.8, 4) is 0 Å². The third-order valence-corrected chi connectivity index (χ3v) is 20.3. The van der Waals surface area contributed by atoms with Gasteiger partial charge in [0.1, 0.15) is 98.7 Å². The Hall–Kier alpha value is -2.56. The van der Waals surface area contributed by atoms with Gasteiger partial charge in [-0.2, -0.15) is 0 Å². The van der Waals surface area contributed by atoms with Crippen LogP contribution in [-0.4, -0.2) is 204 Å². The lowest BCUT2D eigenvalue weighted by molar-refractivity contribution is -0.360. The summed E-state index contributed by atoms with van der Waals surface area (Å²) in [7, 11) is -5.72. The van der Waals surface area contributed by atoms with E-state index in [9.17, 15) is 74.9 Å². The molecule has 24 nitrogen and oxygen atoms in total. The van der Waals surface area contributed by atoms with E-state index in [1.807, 2.05) is 6.08 Å². The molecule has 2 aliphatic heterocycles. The second-order valence-electron chi connectivity index (χ2n) is 28.2. The van der Waals surface area contributed by atoms with Crippen LogP contribution in [0.4, 0.5) is 0 Å². The molecule has 3 fully saturated rings. The fourth-order valence-corrected chi connectivity index (χ4v) is 13.9. The maximum atomic E-state index is 14.3. The van der Waals surface area contributed by atoms with Crippen molar-refractivity contribution in [2.75, 3.05) is 26.4 Å². The number of phosphoric acid groups is 1. The van der Waals surface area contributed by atoms with E-state index in [2.05, 4.69) is 20.8 Å². The van der Waals surface area contributed by atoms with E-state index >= 15 is 0 Å². The molecular weight excluding hydrogens is 1320 g/mol. The lowest BCUT2D eigenvalue weighted by Crippen LogP contribution is -2.69. The average Bonchev–Trinajstić information content (AvgIpc) is 0.762. The zero-order valence-electron chi connectivity index (χ0n) is 61.2. The molecule has 2 saturated heterocycles. The number of hydrogen-bond donors (Lipinski definition) is 11. The Morgan fingerprint density at radius 1 is 0.410 bits per heavy atom. The van der Waals surface area contributed by atoms with Crippen molar-refractivity contribution < 1.29 is 117 Å². The van der Waals surface area contributed by atoms with Crippen molar-refractivity contribution in [3.63, 3.8) is 0 Å². The summed E-state index contributed by atoms with van der Waals surface area (Å²) in [6.07, 6.45) is 18.6. The van der Waals surface area contributed by atoms with Crippen LogP contribution in [0.1, 0.15) is 303 Å². The topological polar surface area (TPSA) is 374 Å². The monoisotopic (exact) mass is 1450 g/mol. The molecule has 1 aliphatic carbocycles. The van der Waals surface area contributed by atoms with Gasteiger partial charge in [0.15, 0.2) is 18.7 Å². The van der Waals surface area contributed by atoms with Gasteiger partial charge >= 0.3 is 25.7 Å². The summed E-state index contributed by atoms with van der Waals surface area (Å²) in [4.78, 5) is 50.9. The van der Waals surface area contributed by atoms with E-state index in [0.717, 1.165) is 96.0 Å². The van der Waals surface area contributed by atoms with Crippen molar-refractivity contribution in [3.05, 3.63) is 24.3 Å². The largest absolute Gasteiger partial charge is 0.472 e. The summed E-state index contributed by atoms with van der Waals surface area (Å²) in [6, 6.07) is 0. The van der Waals surface area contributed by atoms with Gasteiger partial charge in [-0.3, -0.25) is 18.6 Å². The summed E-state index contributed by atoms with van der Waals surface area (Å²) < 4.78 is 64.9. The molecule has 0 radical (unpaired) electrons. The van der Waals surface area contributed by atoms with Crippen molar-refractivity contribution in [1.82, 2.24) is 0 Å². The first-order chi connectivity index (χ1) is 48.3. The molecule has 1 saturated carbocycles. The Morgan fingerprint density at radius 2 is 0.770 bits per heavy atom. The van der Waals surface area contributed by atoms with E-state index in [0.29, 0.717) is 12.8 Å². The quantitative estimate of drug-likeness (QED) is 0.00673. The Bertz CT molecular complexity index is 2160. The fourth-order valence-electron chi connectivity index (χ4n) is 13.0. The standard InChI is InChI=1S/C75H137O24P/c1-4-7-10-13-16-19-22-25-28-31-34-37-40-43-46-49-59(77)91-53-56(94-61(79)51-48-45-42-39-36-33-30-27-24-21-18-15-12-9-6-3)54-93-100(89,90)99-73-71(97-74-69(87)64(82)62(80)57(52-76)95-74)67(85)66(84)68(86)72(73)98-75-70(88)65(83)63(81)58(96-75)55-92-60(78)50-47-44-41-38-35-32-29-26-23-20-17-14-11-8-5-2/h40,43,46,49,56-58,62-76,80-88H,4-39,41-42,44-45,47-48,50-55H2,1-3H3,(H,89,90)/b43-40+,49-46+. The molecule has 3 aliphatic rings. The summed E-state index contributed by atoms with van der Waals surface area (Å²) in [6.45, 7) is 3.36. The zero-order chi connectivity index (χ0) is 73.2. The van der Waals surface area contributed by atoms with Crippen LogP contribution in [0, 0.1) is 0 Å². The number of ether oxygens (including phenoxy) is 7. The van der Waals surface area contributed by atoms with Crippen LogP contribution < -0.4 is 0 Å². The van der Waals surface area contributed by atoms with Gasteiger partial charge in [-0.1, -0.05) is 283 Å². The maximum Gasteiger partial charge on any atom is 0.472 e. The smallest absolute Gasteiger partial charge is 0.463 e. The Labute approximate surface area is 598 Å². The highest BCUT2D eigenvalue weighted by Gasteiger charge is 2.58. The summed E-state index contributed by atoms with van der Waals surface area (Å²) in [5.74, 6) is -2.23. The average molecular weight is 1450 g/mol. The second kappa shape index (κ2) is 56.7. The van der Waals surface area contributed by atoms with Crippen LogP contribution in [0.25, 0.3) is 0 Å². The van der Waals surface area contributed by atoms with Gasteiger partial charge in [0.25, 0.3) is 0 Å². The highest BCUT2D eigenvalue weighted by molar-refractivity contribution is 7.47. The highest BCUT2D eigenvalue weighted by Crippen LogP contribution is 2.49. The van der Waals surface area contributed by atoms with Gasteiger partial charge < -0.3 is 89.1 Å². The summed E-state index contributed by atoms with van der Waals surface area (Å²) in [5.41, 5.74) is 0. The molecule has 25 heteroatoms. The highest BCUT2D eigenvalue weighted by atomic mass is 31.2. The minimum absolute atomic E-state index is 0.0292. The zero-order valence-corrected chi connectivity index (χ0v) is 62.1. The van der Waals surface area contributed by atoms with E-state index in [-0.39, 0.29) is 12.8 Å². The molecule has 0 amide bonds. The molecule has 18 unspecified atom stereocenters. The predicted octanol–water partition coefficient (Wildman–Crippen LogP) is 11.3. The van der Waals surface area contributed by atoms with Crippen molar-refractivity contribution in [2.45, 2.75) is 407 Å². The van der Waals surface area contributed by atoms with Crippen LogP contribution in [-0.2, 0) is 61.2 Å². The maximum absolute atomic E-state index is 14.3. The number of carbonyl (C=O) groups excluding carboxylic acids is 3. The minimum atomic E-state index is -5.72. The minimum Gasteiger partial charge on any atom is -0.463 e. The van der Waals surface area contributed by atoms with Gasteiger partial charge in [0.05, 0.1) is 13.2 Å². The fraction of sp³-hybridized carbons (Fsp3) is 0.907. The number of carbonyl (C=O) groups is 3. The molecule has 18 atom stereocenters. The van der Waals surface area contributed by atoms with Crippen LogP contribution in [0.3, 0.4) is 0 Å². The van der Waals surface area contributed by atoms with E-state index < -0.39 is 156 Å².